The van der Waals surface area contributed by atoms with Gasteiger partial charge in [-0.15, -0.1) is 34.0 Å². The van der Waals surface area contributed by atoms with Crippen molar-refractivity contribution < 1.29 is 0 Å². The van der Waals surface area contributed by atoms with Crippen LogP contribution < -0.4 is 14.7 Å². The zero-order valence-corrected chi connectivity index (χ0v) is 71.0. The molecule has 23 aromatic carbocycles. The van der Waals surface area contributed by atoms with Gasteiger partial charge in [0.15, 0.2) is 0 Å². The highest BCUT2D eigenvalue weighted by Gasteiger charge is 2.26. The Hall–Kier alpha value is -15.5. The van der Waals surface area contributed by atoms with Crippen molar-refractivity contribution in [1.82, 2.24) is 0 Å². The quantitative estimate of drug-likeness (QED) is 0.128. The molecule has 26 rings (SSSR count). The molecule has 3 nitrogen and oxygen atoms in total. The van der Waals surface area contributed by atoms with Crippen LogP contribution in [0.15, 0.2) is 467 Å². The van der Waals surface area contributed by atoms with Crippen LogP contribution in [0.1, 0.15) is 0 Å². The molecule has 0 aliphatic heterocycles. The van der Waals surface area contributed by atoms with E-state index >= 15 is 0 Å². The lowest BCUT2D eigenvalue weighted by atomic mass is 9.98. The van der Waals surface area contributed by atoms with Crippen molar-refractivity contribution >= 4 is 243 Å². The summed E-state index contributed by atoms with van der Waals surface area (Å²) in [6.07, 6.45) is 0. The second-order valence-corrected chi connectivity index (χ2v) is 35.5. The second-order valence-electron chi connectivity index (χ2n) is 32.4. The molecule has 0 radical (unpaired) electrons. The van der Waals surface area contributed by atoms with Crippen molar-refractivity contribution in [3.8, 4) is 22.3 Å². The topological polar surface area (TPSA) is 9.72 Å². The third-order valence-electron chi connectivity index (χ3n) is 25.3. The van der Waals surface area contributed by atoms with E-state index in [2.05, 4.69) is 482 Å². The molecule has 6 heteroatoms. The highest BCUT2D eigenvalue weighted by Crippen LogP contribution is 2.53. The van der Waals surface area contributed by atoms with E-state index in [0.717, 1.165) is 11.4 Å². The molecule has 0 aliphatic carbocycles. The Bertz CT molecular complexity index is 8680. The predicted molar refractivity (Wildman–Crippen MR) is 550 cm³/mol. The normalized spacial score (nSPS) is 11.7. The van der Waals surface area contributed by atoms with Crippen LogP contribution in [0, 0.1) is 0 Å². The van der Waals surface area contributed by atoms with Gasteiger partial charge >= 0.3 is 0 Å². The number of nitrogens with zero attached hydrogens (tertiary/aromatic N) is 3. The van der Waals surface area contributed by atoms with Gasteiger partial charge in [-0.25, -0.2) is 0 Å². The van der Waals surface area contributed by atoms with Gasteiger partial charge in [0.2, 0.25) is 0 Å². The molecule has 0 atom stereocenters. The molecule has 0 unspecified atom stereocenters. The minimum atomic E-state index is 1.14. The van der Waals surface area contributed by atoms with Gasteiger partial charge in [-0.3, -0.25) is 0 Å². The number of hydrogen-bond acceptors (Lipinski definition) is 6. The Morgan fingerprint density at radius 3 is 0.810 bits per heavy atom. The van der Waals surface area contributed by atoms with Crippen molar-refractivity contribution in [2.75, 3.05) is 14.7 Å². The van der Waals surface area contributed by atoms with E-state index in [1.165, 1.54) is 220 Å². The van der Waals surface area contributed by atoms with Crippen LogP contribution in [0.5, 0.6) is 0 Å². The second kappa shape index (κ2) is 31.4. The van der Waals surface area contributed by atoms with Crippen LogP contribution in [0.2, 0.25) is 0 Å². The summed E-state index contributed by atoms with van der Waals surface area (Å²) < 4.78 is 7.93. The van der Waals surface area contributed by atoms with E-state index in [4.69, 9.17) is 0 Å². The van der Waals surface area contributed by atoms with E-state index in [0.29, 0.717) is 0 Å². The summed E-state index contributed by atoms with van der Waals surface area (Å²) in [7, 11) is 0. The van der Waals surface area contributed by atoms with Crippen LogP contribution in [0.4, 0.5) is 51.2 Å². The van der Waals surface area contributed by atoms with Gasteiger partial charge in [0.1, 0.15) is 0 Å². The Kier molecular flexibility index (Phi) is 18.5. The average molecular weight is 1660 g/mol. The molecule has 0 bridgehead atoms. The molecule has 0 N–H and O–H groups in total. The van der Waals surface area contributed by atoms with Crippen molar-refractivity contribution in [2.24, 2.45) is 0 Å². The minimum absolute atomic E-state index is 1.14. The fourth-order valence-electron chi connectivity index (χ4n) is 19.3. The molecule has 590 valence electrons. The highest BCUT2D eigenvalue weighted by molar-refractivity contribution is 7.28. The molecular weight excluding hydrogens is 1580 g/mol. The van der Waals surface area contributed by atoms with E-state index < -0.39 is 0 Å². The Morgan fingerprint density at radius 2 is 0.389 bits per heavy atom. The van der Waals surface area contributed by atoms with E-state index in [1.807, 2.05) is 34.0 Å². The van der Waals surface area contributed by atoms with Crippen LogP contribution >= 0.6 is 34.0 Å². The Morgan fingerprint density at radius 1 is 0.127 bits per heavy atom. The number of anilines is 9. The zero-order valence-electron chi connectivity index (χ0n) is 68.5. The number of thiophene rings is 3. The largest absolute Gasteiger partial charge is 0.308 e. The summed E-state index contributed by atoms with van der Waals surface area (Å²) in [4.78, 5) is 7.40. The summed E-state index contributed by atoms with van der Waals surface area (Å²) in [6.45, 7) is 0. The third-order valence-corrected chi connectivity index (χ3v) is 29.1. The summed E-state index contributed by atoms with van der Waals surface area (Å²) in [5.74, 6) is 0. The molecule has 0 amide bonds. The van der Waals surface area contributed by atoms with Gasteiger partial charge in [0, 0.05) is 79.3 Å². The first-order valence-electron chi connectivity index (χ1n) is 43.0. The van der Waals surface area contributed by atoms with Crippen LogP contribution in [-0.4, -0.2) is 0 Å². The number of rotatable bonds is 11. The maximum atomic E-state index is 2.48. The van der Waals surface area contributed by atoms with Gasteiger partial charge in [0.25, 0.3) is 0 Å². The molecule has 0 aliphatic rings. The average Bonchev–Trinajstić information content (AvgIpc) is 1.58. The summed E-state index contributed by atoms with van der Waals surface area (Å²) >= 11 is 5.71. The molecule has 3 heterocycles. The maximum absolute atomic E-state index is 2.48. The molecule has 0 saturated carbocycles. The fraction of sp³-hybridized carbons (Fsp3) is 0. The number of benzene rings is 23. The minimum Gasteiger partial charge on any atom is -0.308 e. The standard InChI is InChI=1S/2C42H27NS.C36H23NS/c1-4-15-33-28(10-1)13-7-18-34(33)31-22-25-32(26-23-31)43(39-20-8-14-29-11-2-5-16-35(29)39)40-21-9-19-37-38-27-24-30-12-3-6-17-36(30)41(38)44-42(37)40;1-2-10-28(11-3-1)31-20-21-33-27-34(24-22-32(33)26-31)43(39-18-8-14-29-12-4-6-15-35(29)39)40-19-9-17-37-38-25-23-30-13-5-7-16-36(30)41(38)44-42(37)40;1-4-15-27-24(10-1)13-7-19-32(27)37(33-20-8-14-25-11-2-5-16-28(25)33)34-21-9-18-30-31-23-22-26-12-3-6-17-29(26)35(31)38-36(30)34/h2*1-27H;1-23H. The van der Waals surface area contributed by atoms with Gasteiger partial charge in [-0.05, 0) is 170 Å². The molecule has 0 fully saturated rings. The first kappa shape index (κ1) is 74.3. The monoisotopic (exact) mass is 1660 g/mol. The van der Waals surface area contributed by atoms with Crippen LogP contribution in [-0.2, 0) is 0 Å². The molecule has 26 aromatic rings. The van der Waals surface area contributed by atoms with E-state index in [-0.39, 0.29) is 0 Å². The van der Waals surface area contributed by atoms with Gasteiger partial charge in [0.05, 0.1) is 53.9 Å². The summed E-state index contributed by atoms with van der Waals surface area (Å²) in [5, 5.41) is 30.5. The molecule has 0 saturated heterocycles. The first-order chi connectivity index (χ1) is 62.5. The van der Waals surface area contributed by atoms with Crippen molar-refractivity contribution in [2.45, 2.75) is 0 Å². The lowest BCUT2D eigenvalue weighted by molar-refractivity contribution is 1.32. The van der Waals surface area contributed by atoms with Crippen LogP contribution in [0.25, 0.3) is 180 Å². The molecule has 3 aromatic heterocycles. The fourth-order valence-corrected chi connectivity index (χ4v) is 23.3. The lowest BCUT2D eigenvalue weighted by Gasteiger charge is -2.28. The lowest BCUT2D eigenvalue weighted by Crippen LogP contribution is -2.11. The van der Waals surface area contributed by atoms with Crippen LogP contribution in [0.3, 0.4) is 0 Å². The smallest absolute Gasteiger partial charge is 0.0640 e. The Balaban J connectivity index is 0.000000106. The van der Waals surface area contributed by atoms with Crippen molar-refractivity contribution in [3.05, 3.63) is 467 Å². The van der Waals surface area contributed by atoms with Gasteiger partial charge in [-0.2, -0.15) is 0 Å². The van der Waals surface area contributed by atoms with Gasteiger partial charge in [-0.1, -0.05) is 394 Å². The third kappa shape index (κ3) is 12.9. The molecular formula is C120H77N3S3. The zero-order chi connectivity index (χ0) is 83.1. The maximum Gasteiger partial charge on any atom is 0.0640 e. The van der Waals surface area contributed by atoms with Crippen molar-refractivity contribution in [3.63, 3.8) is 0 Å². The molecule has 0 spiro atoms. The van der Waals surface area contributed by atoms with Crippen molar-refractivity contribution in [1.29, 1.82) is 0 Å². The van der Waals surface area contributed by atoms with E-state index in [9.17, 15) is 0 Å². The first-order valence-corrected chi connectivity index (χ1v) is 45.4. The number of hydrogen-bond donors (Lipinski definition) is 0. The summed E-state index contributed by atoms with van der Waals surface area (Å²) in [5.41, 5.74) is 15.6. The van der Waals surface area contributed by atoms with Gasteiger partial charge < -0.3 is 14.7 Å². The number of fused-ring (bicyclic) bond motifs is 21. The molecule has 126 heavy (non-hydrogen) atoms. The Labute approximate surface area is 740 Å². The summed E-state index contributed by atoms with van der Waals surface area (Å²) in [6, 6.07) is 170. The van der Waals surface area contributed by atoms with E-state index in [1.54, 1.807) is 0 Å². The highest BCUT2D eigenvalue weighted by atomic mass is 32.1. The predicted octanol–water partition coefficient (Wildman–Crippen LogP) is 36.3. The SMILES string of the molecule is c1ccc(-c2ccc3cc(N(c4cccc5ccccc45)c4cccc5c4sc4c6ccccc6ccc54)ccc3c2)cc1.c1ccc2c(-c3ccc(N(c4cccc5ccccc45)c4cccc5c4sc4c6ccccc6ccc54)cc3)cccc2c1.c1ccc2c(N(c3cccc4ccccc34)c3cccc4c3sc3c5ccccc5ccc43)cccc2c1.